The van der Waals surface area contributed by atoms with E-state index >= 15 is 0 Å². The number of benzene rings is 1. The zero-order chi connectivity index (χ0) is 14.4. The third-order valence-electron chi connectivity index (χ3n) is 2.87. The number of rotatable bonds is 6. The molecule has 1 aromatic carbocycles. The summed E-state index contributed by atoms with van der Waals surface area (Å²) in [6, 6.07) is 4.77. The Morgan fingerprint density at radius 3 is 2.42 bits per heavy atom. The van der Waals surface area contributed by atoms with Crippen LogP contribution in [0.2, 0.25) is 0 Å². The van der Waals surface area contributed by atoms with Crippen molar-refractivity contribution in [2.75, 3.05) is 25.0 Å². The molecule has 0 atom stereocenters. The molecule has 1 N–H and O–H groups in total. The van der Waals surface area contributed by atoms with Crippen molar-refractivity contribution >= 4 is 17.3 Å². The van der Waals surface area contributed by atoms with Gasteiger partial charge in [-0.05, 0) is 32.9 Å². The van der Waals surface area contributed by atoms with Gasteiger partial charge in [0.15, 0.2) is 0 Å². The lowest BCUT2D eigenvalue weighted by atomic mass is 10.1. The van der Waals surface area contributed by atoms with Gasteiger partial charge in [0.25, 0.3) is 5.91 Å². The number of nitrogens with one attached hydrogen (secondary N) is 1. The van der Waals surface area contributed by atoms with Crippen molar-refractivity contribution < 1.29 is 9.72 Å². The minimum Gasteiger partial charge on any atom is -0.380 e. The Morgan fingerprint density at radius 2 is 1.95 bits per heavy atom. The molecule has 6 heteroatoms. The van der Waals surface area contributed by atoms with E-state index in [9.17, 15) is 14.9 Å². The Morgan fingerprint density at radius 1 is 1.32 bits per heavy atom. The number of nitro benzene ring substituents is 1. The average molecular weight is 265 g/mol. The van der Waals surface area contributed by atoms with Gasteiger partial charge in [0.05, 0.1) is 4.92 Å². The van der Waals surface area contributed by atoms with Crippen LogP contribution in [0.4, 0.5) is 11.4 Å². The highest BCUT2D eigenvalue weighted by molar-refractivity contribution is 6.00. The predicted octanol–water partition coefficient (Wildman–Crippen LogP) is 2.51. The minimum absolute atomic E-state index is 0.132. The van der Waals surface area contributed by atoms with Crippen LogP contribution >= 0.6 is 0 Å². The molecule has 19 heavy (non-hydrogen) atoms. The molecule has 1 rings (SSSR count). The molecule has 104 valence electrons. The second-order valence-electron chi connectivity index (χ2n) is 3.97. The molecule has 0 saturated heterocycles. The average Bonchev–Trinajstić information content (AvgIpc) is 2.39. The van der Waals surface area contributed by atoms with Crippen molar-refractivity contribution in [3.8, 4) is 0 Å². The third kappa shape index (κ3) is 3.21. The van der Waals surface area contributed by atoms with Crippen molar-refractivity contribution in [2.45, 2.75) is 20.8 Å². The van der Waals surface area contributed by atoms with Gasteiger partial charge in [-0.25, -0.2) is 0 Å². The molecule has 0 aliphatic rings. The lowest BCUT2D eigenvalue weighted by molar-refractivity contribution is -0.384. The summed E-state index contributed by atoms with van der Waals surface area (Å²) < 4.78 is 0. The Kier molecular flexibility index (Phi) is 5.29. The van der Waals surface area contributed by atoms with E-state index < -0.39 is 4.92 Å². The first-order valence-corrected chi connectivity index (χ1v) is 6.37. The first-order valence-electron chi connectivity index (χ1n) is 6.37. The normalized spacial score (nSPS) is 10.1. The Balaban J connectivity index is 3.30. The quantitative estimate of drug-likeness (QED) is 0.633. The highest BCUT2D eigenvalue weighted by Crippen LogP contribution is 2.29. The van der Waals surface area contributed by atoms with Crippen molar-refractivity contribution in [1.82, 2.24) is 4.90 Å². The molecular formula is C13H19N3O3. The van der Waals surface area contributed by atoms with Crippen LogP contribution in [0.1, 0.15) is 31.1 Å². The van der Waals surface area contributed by atoms with E-state index in [2.05, 4.69) is 5.32 Å². The van der Waals surface area contributed by atoms with E-state index in [0.29, 0.717) is 25.3 Å². The largest absolute Gasteiger partial charge is 0.380 e. The lowest BCUT2D eigenvalue weighted by Gasteiger charge is -2.19. The predicted molar refractivity (Wildman–Crippen MR) is 74.5 cm³/mol. The van der Waals surface area contributed by atoms with Crippen LogP contribution in [0.15, 0.2) is 18.2 Å². The standard InChI is InChI=1S/C13H19N3O3/c1-4-14-11-9-7-8-10(12(11)16(18)19)13(17)15(5-2)6-3/h7-9,14H,4-6H2,1-3H3. The molecule has 0 aromatic heterocycles. The number of nitrogens with zero attached hydrogens (tertiary/aromatic N) is 2. The van der Waals surface area contributed by atoms with E-state index in [4.69, 9.17) is 0 Å². The molecule has 0 saturated carbocycles. The van der Waals surface area contributed by atoms with Crippen molar-refractivity contribution in [3.63, 3.8) is 0 Å². The van der Waals surface area contributed by atoms with Crippen molar-refractivity contribution in [2.24, 2.45) is 0 Å². The number of nitro groups is 1. The SMILES string of the molecule is CCNc1cccc(C(=O)N(CC)CC)c1[N+](=O)[O-]. The number of anilines is 1. The molecule has 6 nitrogen and oxygen atoms in total. The fraction of sp³-hybridized carbons (Fsp3) is 0.462. The first kappa shape index (κ1) is 14.9. The second-order valence-corrected chi connectivity index (χ2v) is 3.97. The van der Waals surface area contributed by atoms with Gasteiger partial charge in [0.2, 0.25) is 0 Å². The number of carbonyl (C=O) groups excluding carboxylic acids is 1. The molecule has 0 bridgehead atoms. The number of hydrogen-bond donors (Lipinski definition) is 1. The van der Waals surface area contributed by atoms with Gasteiger partial charge >= 0.3 is 5.69 Å². The van der Waals surface area contributed by atoms with Crippen molar-refractivity contribution in [3.05, 3.63) is 33.9 Å². The minimum atomic E-state index is -0.505. The molecule has 0 unspecified atom stereocenters. The molecule has 0 fully saturated rings. The monoisotopic (exact) mass is 265 g/mol. The molecule has 1 aromatic rings. The fourth-order valence-corrected chi connectivity index (χ4v) is 1.93. The summed E-state index contributed by atoms with van der Waals surface area (Å²) in [5.41, 5.74) is 0.360. The van der Waals surface area contributed by atoms with Gasteiger partial charge in [-0.2, -0.15) is 0 Å². The summed E-state index contributed by atoms with van der Waals surface area (Å²) in [6.45, 7) is 7.16. The van der Waals surface area contributed by atoms with Crippen LogP contribution in [-0.4, -0.2) is 35.4 Å². The maximum absolute atomic E-state index is 12.3. The highest BCUT2D eigenvalue weighted by atomic mass is 16.6. The maximum atomic E-state index is 12.3. The van der Waals surface area contributed by atoms with Gasteiger partial charge in [-0.3, -0.25) is 14.9 Å². The molecular weight excluding hydrogens is 246 g/mol. The molecule has 0 radical (unpaired) electrons. The highest BCUT2D eigenvalue weighted by Gasteiger charge is 2.26. The van der Waals surface area contributed by atoms with E-state index in [1.54, 1.807) is 17.0 Å². The second kappa shape index (κ2) is 6.72. The van der Waals surface area contributed by atoms with E-state index in [0.717, 1.165) is 0 Å². The van der Waals surface area contributed by atoms with E-state index in [1.807, 2.05) is 20.8 Å². The number of amides is 1. The lowest BCUT2D eigenvalue weighted by Crippen LogP contribution is -2.31. The van der Waals surface area contributed by atoms with Gasteiger partial charge in [-0.1, -0.05) is 6.07 Å². The third-order valence-corrected chi connectivity index (χ3v) is 2.87. The molecule has 0 aliphatic heterocycles. The smallest absolute Gasteiger partial charge is 0.305 e. The summed E-state index contributed by atoms with van der Waals surface area (Å²) in [5.74, 6) is -0.309. The summed E-state index contributed by atoms with van der Waals surface area (Å²) in [6.07, 6.45) is 0. The van der Waals surface area contributed by atoms with Gasteiger partial charge < -0.3 is 10.2 Å². The first-order chi connectivity index (χ1) is 9.06. The van der Waals surface area contributed by atoms with Crippen LogP contribution in [-0.2, 0) is 0 Å². The van der Waals surface area contributed by atoms with Gasteiger partial charge in [0.1, 0.15) is 11.3 Å². The van der Waals surface area contributed by atoms with Gasteiger partial charge in [-0.15, -0.1) is 0 Å². The van der Waals surface area contributed by atoms with Crippen LogP contribution in [0.3, 0.4) is 0 Å². The van der Waals surface area contributed by atoms with E-state index in [1.165, 1.54) is 6.07 Å². The Hall–Kier alpha value is -2.11. The summed E-state index contributed by atoms with van der Waals surface area (Å²) in [5, 5.41) is 14.1. The molecule has 1 amide bonds. The summed E-state index contributed by atoms with van der Waals surface area (Å²) >= 11 is 0. The van der Waals surface area contributed by atoms with Crippen LogP contribution < -0.4 is 5.32 Å². The van der Waals surface area contributed by atoms with Crippen LogP contribution in [0, 0.1) is 10.1 Å². The Labute approximate surface area is 112 Å². The fourth-order valence-electron chi connectivity index (χ4n) is 1.93. The van der Waals surface area contributed by atoms with Gasteiger partial charge in [0, 0.05) is 19.6 Å². The van der Waals surface area contributed by atoms with Crippen LogP contribution in [0.5, 0.6) is 0 Å². The Bertz CT molecular complexity index is 470. The molecule has 0 heterocycles. The number of hydrogen-bond acceptors (Lipinski definition) is 4. The number of carbonyl (C=O) groups is 1. The molecule has 0 spiro atoms. The van der Waals surface area contributed by atoms with Crippen LogP contribution in [0.25, 0.3) is 0 Å². The zero-order valence-electron chi connectivity index (χ0n) is 11.5. The summed E-state index contributed by atoms with van der Waals surface area (Å²) in [7, 11) is 0. The summed E-state index contributed by atoms with van der Waals surface area (Å²) in [4.78, 5) is 24.6. The van der Waals surface area contributed by atoms with E-state index in [-0.39, 0.29) is 17.2 Å². The zero-order valence-corrected chi connectivity index (χ0v) is 11.5. The van der Waals surface area contributed by atoms with Crippen molar-refractivity contribution in [1.29, 1.82) is 0 Å². The maximum Gasteiger partial charge on any atom is 0.305 e. The molecule has 0 aliphatic carbocycles. The number of para-hydroxylation sites is 1. The topological polar surface area (TPSA) is 75.5 Å².